The Morgan fingerprint density at radius 2 is 2.19 bits per heavy atom. The third kappa shape index (κ3) is 4.49. The Morgan fingerprint density at radius 3 is 2.75 bits per heavy atom. The third-order valence-electron chi connectivity index (χ3n) is 3.10. The van der Waals surface area contributed by atoms with Crippen LogP contribution in [0.5, 0.6) is 0 Å². The van der Waals surface area contributed by atoms with E-state index in [1.54, 1.807) is 7.11 Å². The maximum atomic E-state index is 11.6. The molecule has 1 fully saturated rings. The van der Waals surface area contributed by atoms with Crippen LogP contribution in [0.3, 0.4) is 0 Å². The molecule has 0 bridgehead atoms. The topological polar surface area (TPSA) is 47.6 Å². The second kappa shape index (κ2) is 6.21. The largest absolute Gasteiger partial charge is 0.464 e. The summed E-state index contributed by atoms with van der Waals surface area (Å²) in [5.74, 6) is -0.119. The van der Waals surface area contributed by atoms with Gasteiger partial charge >= 0.3 is 5.97 Å². The summed E-state index contributed by atoms with van der Waals surface area (Å²) in [6, 6.07) is -0.0978. The Bertz CT molecular complexity index is 222. The molecule has 1 atom stereocenters. The Morgan fingerprint density at radius 1 is 1.44 bits per heavy atom. The van der Waals surface area contributed by atoms with E-state index in [0.717, 1.165) is 32.2 Å². The molecule has 4 nitrogen and oxygen atoms in total. The van der Waals surface area contributed by atoms with Crippen LogP contribution < -0.4 is 5.32 Å². The van der Waals surface area contributed by atoms with Gasteiger partial charge in [-0.2, -0.15) is 0 Å². The first kappa shape index (κ1) is 13.5. The molecule has 1 N–H and O–H groups in total. The van der Waals surface area contributed by atoms with Crippen LogP contribution in [0, 0.1) is 0 Å². The monoisotopic (exact) mass is 229 g/mol. The molecule has 1 saturated heterocycles. The minimum atomic E-state index is -0.222. The summed E-state index contributed by atoms with van der Waals surface area (Å²) in [7, 11) is 1.67. The molecular weight excluding hydrogens is 206 g/mol. The maximum Gasteiger partial charge on any atom is 0.323 e. The SMILES string of the molecule is COC(C)(C)CCOC(=O)[C@@H]1CCCCN1. The van der Waals surface area contributed by atoms with E-state index >= 15 is 0 Å². The van der Waals surface area contributed by atoms with Crippen LogP contribution in [0.2, 0.25) is 0 Å². The fraction of sp³-hybridized carbons (Fsp3) is 0.917. The van der Waals surface area contributed by atoms with Crippen LogP contribution in [0.25, 0.3) is 0 Å². The molecule has 1 rings (SSSR count). The lowest BCUT2D eigenvalue weighted by Gasteiger charge is -2.24. The summed E-state index contributed by atoms with van der Waals surface area (Å²) in [5, 5.41) is 3.17. The van der Waals surface area contributed by atoms with Crippen molar-refractivity contribution in [2.75, 3.05) is 20.3 Å². The lowest BCUT2D eigenvalue weighted by molar-refractivity contribution is -0.148. The number of hydrogen-bond donors (Lipinski definition) is 1. The van der Waals surface area contributed by atoms with Crippen LogP contribution in [0.15, 0.2) is 0 Å². The first-order valence-corrected chi connectivity index (χ1v) is 6.00. The van der Waals surface area contributed by atoms with Crippen LogP contribution in [-0.2, 0) is 14.3 Å². The first-order chi connectivity index (χ1) is 7.55. The average Bonchev–Trinajstić information content (AvgIpc) is 2.30. The summed E-state index contributed by atoms with van der Waals surface area (Å²) in [6.45, 7) is 5.32. The van der Waals surface area contributed by atoms with Gasteiger partial charge in [0.05, 0.1) is 12.2 Å². The molecule has 94 valence electrons. The molecular formula is C12H23NO3. The summed E-state index contributed by atoms with van der Waals surface area (Å²) in [5.41, 5.74) is -0.222. The van der Waals surface area contributed by atoms with Crippen molar-refractivity contribution >= 4 is 5.97 Å². The van der Waals surface area contributed by atoms with Crippen LogP contribution in [0.1, 0.15) is 39.5 Å². The number of ether oxygens (including phenoxy) is 2. The Balaban J connectivity index is 2.19. The number of nitrogens with one attached hydrogen (secondary N) is 1. The molecule has 0 aliphatic carbocycles. The van der Waals surface area contributed by atoms with E-state index in [1.807, 2.05) is 13.8 Å². The Kier molecular flexibility index (Phi) is 5.22. The van der Waals surface area contributed by atoms with E-state index in [2.05, 4.69) is 5.32 Å². The van der Waals surface area contributed by atoms with Gasteiger partial charge < -0.3 is 14.8 Å². The number of piperidine rings is 1. The van der Waals surface area contributed by atoms with Gasteiger partial charge in [0.2, 0.25) is 0 Å². The van der Waals surface area contributed by atoms with Gasteiger partial charge in [-0.25, -0.2) is 0 Å². The molecule has 1 heterocycles. The fourth-order valence-corrected chi connectivity index (χ4v) is 1.65. The van der Waals surface area contributed by atoms with E-state index in [4.69, 9.17) is 9.47 Å². The molecule has 0 aromatic rings. The van der Waals surface area contributed by atoms with Gasteiger partial charge in [0.25, 0.3) is 0 Å². The van der Waals surface area contributed by atoms with Crippen molar-refractivity contribution in [3.63, 3.8) is 0 Å². The summed E-state index contributed by atoms with van der Waals surface area (Å²) >= 11 is 0. The van der Waals surface area contributed by atoms with E-state index in [0.29, 0.717) is 6.61 Å². The zero-order valence-electron chi connectivity index (χ0n) is 10.5. The fourth-order valence-electron chi connectivity index (χ4n) is 1.65. The smallest absolute Gasteiger partial charge is 0.323 e. The van der Waals surface area contributed by atoms with Crippen molar-refractivity contribution < 1.29 is 14.3 Å². The minimum Gasteiger partial charge on any atom is -0.464 e. The van der Waals surface area contributed by atoms with Gasteiger partial charge in [-0.3, -0.25) is 4.79 Å². The summed E-state index contributed by atoms with van der Waals surface area (Å²) in [6.07, 6.45) is 3.88. The highest BCUT2D eigenvalue weighted by molar-refractivity contribution is 5.75. The zero-order chi connectivity index (χ0) is 12.0. The van der Waals surface area contributed by atoms with Crippen LogP contribution in [0.4, 0.5) is 0 Å². The van der Waals surface area contributed by atoms with Crippen molar-refractivity contribution in [3.05, 3.63) is 0 Å². The molecule has 16 heavy (non-hydrogen) atoms. The highest BCUT2D eigenvalue weighted by Crippen LogP contribution is 2.13. The van der Waals surface area contributed by atoms with E-state index < -0.39 is 0 Å². The lowest BCUT2D eigenvalue weighted by Crippen LogP contribution is -2.41. The van der Waals surface area contributed by atoms with Crippen molar-refractivity contribution in [3.8, 4) is 0 Å². The highest BCUT2D eigenvalue weighted by Gasteiger charge is 2.23. The number of rotatable bonds is 5. The summed E-state index contributed by atoms with van der Waals surface area (Å²) in [4.78, 5) is 11.6. The predicted octanol–water partition coefficient (Wildman–Crippen LogP) is 1.49. The molecule has 1 aliphatic heterocycles. The van der Waals surface area contributed by atoms with E-state index in [9.17, 15) is 4.79 Å². The van der Waals surface area contributed by atoms with Crippen LogP contribution in [-0.4, -0.2) is 37.9 Å². The summed E-state index contributed by atoms with van der Waals surface area (Å²) < 4.78 is 10.5. The number of hydrogen-bond acceptors (Lipinski definition) is 4. The maximum absolute atomic E-state index is 11.6. The molecule has 0 radical (unpaired) electrons. The highest BCUT2D eigenvalue weighted by atomic mass is 16.5. The first-order valence-electron chi connectivity index (χ1n) is 6.00. The Labute approximate surface area is 97.7 Å². The minimum absolute atomic E-state index is 0.0978. The average molecular weight is 229 g/mol. The lowest BCUT2D eigenvalue weighted by atomic mass is 10.0. The van der Waals surface area contributed by atoms with Gasteiger partial charge in [0.1, 0.15) is 6.04 Å². The molecule has 0 unspecified atom stereocenters. The van der Waals surface area contributed by atoms with Gasteiger partial charge in [0, 0.05) is 13.5 Å². The van der Waals surface area contributed by atoms with Gasteiger partial charge in [-0.15, -0.1) is 0 Å². The van der Waals surface area contributed by atoms with Gasteiger partial charge in [-0.05, 0) is 33.2 Å². The molecule has 0 amide bonds. The van der Waals surface area contributed by atoms with Crippen molar-refractivity contribution in [1.82, 2.24) is 5.32 Å². The van der Waals surface area contributed by atoms with E-state index in [1.165, 1.54) is 0 Å². The van der Waals surface area contributed by atoms with Gasteiger partial charge in [0.15, 0.2) is 0 Å². The number of carbonyl (C=O) groups excluding carboxylic acids is 1. The van der Waals surface area contributed by atoms with Crippen LogP contribution >= 0.6 is 0 Å². The molecule has 0 aromatic heterocycles. The van der Waals surface area contributed by atoms with Crippen molar-refractivity contribution in [2.45, 2.75) is 51.2 Å². The van der Waals surface area contributed by atoms with Crippen molar-refractivity contribution in [2.24, 2.45) is 0 Å². The molecule has 0 spiro atoms. The molecule has 0 aromatic carbocycles. The quantitative estimate of drug-likeness (QED) is 0.726. The second-order valence-corrected chi connectivity index (χ2v) is 4.88. The normalized spacial score (nSPS) is 21.8. The zero-order valence-corrected chi connectivity index (χ0v) is 10.5. The van der Waals surface area contributed by atoms with E-state index in [-0.39, 0.29) is 17.6 Å². The number of carbonyl (C=O) groups is 1. The molecule has 1 aliphatic rings. The van der Waals surface area contributed by atoms with Gasteiger partial charge in [-0.1, -0.05) is 6.42 Å². The molecule has 0 saturated carbocycles. The predicted molar refractivity (Wildman–Crippen MR) is 62.3 cm³/mol. The number of methoxy groups -OCH3 is 1. The number of esters is 1. The third-order valence-corrected chi connectivity index (χ3v) is 3.10. The Hall–Kier alpha value is -0.610. The second-order valence-electron chi connectivity index (χ2n) is 4.88. The molecule has 4 heteroatoms. The van der Waals surface area contributed by atoms with Crippen molar-refractivity contribution in [1.29, 1.82) is 0 Å². The standard InChI is InChI=1S/C12H23NO3/c1-12(2,15-3)7-9-16-11(14)10-6-4-5-8-13-10/h10,13H,4-9H2,1-3H3/t10-/m0/s1.